The number of likely N-dealkylation sites (tertiary alicyclic amines) is 2. The van der Waals surface area contributed by atoms with Crippen LogP contribution in [0, 0.1) is 0 Å². The number of carbonyl (C=O) groups excluding carboxylic acids is 2. The quantitative estimate of drug-likeness (QED) is 0.622. The van der Waals surface area contributed by atoms with E-state index in [-0.39, 0.29) is 12.5 Å². The molecular formula is C27H33Cl2N3O2. The third-order valence-corrected chi connectivity index (χ3v) is 8.22. The summed E-state index contributed by atoms with van der Waals surface area (Å²) >= 11 is 11.4. The minimum atomic E-state index is -0.351. The molecule has 5 nitrogen and oxygen atoms in total. The molecule has 2 saturated heterocycles. The fraction of sp³-hybridized carbons (Fsp3) is 0.481. The van der Waals surface area contributed by atoms with Crippen LogP contribution in [0.1, 0.15) is 47.2 Å². The Hall–Kier alpha value is -1.92. The first-order valence-corrected chi connectivity index (χ1v) is 12.9. The normalized spacial score (nSPS) is 24.4. The Morgan fingerprint density at radius 2 is 1.97 bits per heavy atom. The lowest BCUT2D eigenvalue weighted by atomic mass is 9.75. The van der Waals surface area contributed by atoms with Gasteiger partial charge in [-0.3, -0.25) is 9.69 Å². The highest BCUT2D eigenvalue weighted by molar-refractivity contribution is 6.42. The zero-order chi connectivity index (χ0) is 24.1. The zero-order valence-electron chi connectivity index (χ0n) is 19.7. The SMILES string of the molecule is CN1CCC(N2CCCC3(CCc4ccccc43)C2)C1.O=CCNC(=O)c1ccc(Cl)c(Cl)c1. The Bertz CT molecular complexity index is 1030. The zero-order valence-corrected chi connectivity index (χ0v) is 21.2. The predicted octanol–water partition coefficient (Wildman–Crippen LogP) is 4.59. The monoisotopic (exact) mass is 501 g/mol. The van der Waals surface area contributed by atoms with E-state index in [2.05, 4.69) is 46.4 Å². The topological polar surface area (TPSA) is 52.6 Å². The van der Waals surface area contributed by atoms with E-state index in [4.69, 9.17) is 23.2 Å². The number of nitrogens with zero attached hydrogens (tertiary/aromatic N) is 2. The van der Waals surface area contributed by atoms with Gasteiger partial charge in [-0.2, -0.15) is 0 Å². The summed E-state index contributed by atoms with van der Waals surface area (Å²) in [6, 6.07) is 14.5. The Morgan fingerprint density at radius 3 is 2.71 bits per heavy atom. The predicted molar refractivity (Wildman–Crippen MR) is 138 cm³/mol. The smallest absolute Gasteiger partial charge is 0.251 e. The fourth-order valence-electron chi connectivity index (χ4n) is 5.75. The number of amides is 1. The number of halogens is 2. The molecule has 1 amide bonds. The number of rotatable bonds is 4. The van der Waals surface area contributed by atoms with Crippen LogP contribution in [0.25, 0.3) is 0 Å². The molecule has 1 aliphatic carbocycles. The third-order valence-electron chi connectivity index (χ3n) is 7.48. The minimum Gasteiger partial charge on any atom is -0.345 e. The number of hydrogen-bond acceptors (Lipinski definition) is 4. The van der Waals surface area contributed by atoms with Crippen molar-refractivity contribution in [2.45, 2.75) is 43.6 Å². The largest absolute Gasteiger partial charge is 0.345 e. The molecule has 2 atom stereocenters. The van der Waals surface area contributed by atoms with Crippen molar-refractivity contribution >= 4 is 35.4 Å². The van der Waals surface area contributed by atoms with Crippen LogP contribution in [-0.2, 0) is 16.6 Å². The van der Waals surface area contributed by atoms with E-state index >= 15 is 0 Å². The van der Waals surface area contributed by atoms with Crippen LogP contribution in [0.3, 0.4) is 0 Å². The van der Waals surface area contributed by atoms with Crippen LogP contribution in [0.4, 0.5) is 0 Å². The average molecular weight is 502 g/mol. The average Bonchev–Trinajstić information content (AvgIpc) is 3.44. The molecule has 0 aromatic heterocycles. The lowest BCUT2D eigenvalue weighted by Gasteiger charge is -2.44. The first kappa shape index (κ1) is 25.2. The Labute approximate surface area is 212 Å². The highest BCUT2D eigenvalue weighted by Gasteiger charge is 2.43. The van der Waals surface area contributed by atoms with E-state index in [9.17, 15) is 9.59 Å². The van der Waals surface area contributed by atoms with E-state index in [1.165, 1.54) is 76.5 Å². The van der Waals surface area contributed by atoms with Gasteiger partial charge in [0.1, 0.15) is 6.29 Å². The number of likely N-dealkylation sites (N-methyl/N-ethyl adjacent to an activating group) is 1. The van der Waals surface area contributed by atoms with Gasteiger partial charge in [-0.25, -0.2) is 0 Å². The standard InChI is InChI=1S/C18H26N2.C9H7Cl2NO2/c1-19-12-8-16(13-19)20-11-4-9-18(14-20)10-7-15-5-2-3-6-17(15)18;10-7-2-1-6(5-8(7)11)9(14)12-3-4-13/h2-3,5-6,16H,4,7-14H2,1H3;1-2,4-5H,3H2,(H,12,14). The molecule has 2 aromatic rings. The third kappa shape index (κ3) is 5.65. The molecule has 3 aliphatic rings. The van der Waals surface area contributed by atoms with Gasteiger partial charge >= 0.3 is 0 Å². The van der Waals surface area contributed by atoms with Crippen LogP contribution in [0.5, 0.6) is 0 Å². The molecule has 182 valence electrons. The van der Waals surface area contributed by atoms with Crippen LogP contribution >= 0.6 is 23.2 Å². The lowest BCUT2D eigenvalue weighted by Crippen LogP contribution is -2.50. The van der Waals surface area contributed by atoms with Gasteiger partial charge in [0.05, 0.1) is 16.6 Å². The number of benzene rings is 2. The number of piperidine rings is 1. The molecule has 1 N–H and O–H groups in total. The van der Waals surface area contributed by atoms with Crippen molar-refractivity contribution in [3.8, 4) is 0 Å². The summed E-state index contributed by atoms with van der Waals surface area (Å²) in [4.78, 5) is 26.6. The summed E-state index contributed by atoms with van der Waals surface area (Å²) in [6.07, 6.45) is 7.45. The van der Waals surface area contributed by atoms with Crippen molar-refractivity contribution in [2.75, 3.05) is 39.8 Å². The van der Waals surface area contributed by atoms with Crippen molar-refractivity contribution in [1.82, 2.24) is 15.1 Å². The first-order valence-electron chi connectivity index (χ1n) is 12.1. The molecule has 2 aromatic carbocycles. The maximum absolute atomic E-state index is 11.3. The van der Waals surface area contributed by atoms with E-state index in [1.54, 1.807) is 11.1 Å². The highest BCUT2D eigenvalue weighted by Crippen LogP contribution is 2.45. The second kappa shape index (κ2) is 11.2. The summed E-state index contributed by atoms with van der Waals surface area (Å²) in [7, 11) is 2.27. The van der Waals surface area contributed by atoms with Crippen molar-refractivity contribution < 1.29 is 9.59 Å². The molecule has 0 saturated carbocycles. The number of nitrogens with one attached hydrogen (secondary N) is 1. The van der Waals surface area contributed by atoms with Gasteiger partial charge in [0.25, 0.3) is 5.91 Å². The Kier molecular flexibility index (Phi) is 8.30. The molecule has 0 radical (unpaired) electrons. The second-order valence-electron chi connectivity index (χ2n) is 9.72. The van der Waals surface area contributed by atoms with Gasteiger partial charge in [-0.15, -0.1) is 0 Å². The van der Waals surface area contributed by atoms with Gasteiger partial charge in [0, 0.05) is 30.1 Å². The van der Waals surface area contributed by atoms with Crippen molar-refractivity contribution in [1.29, 1.82) is 0 Å². The van der Waals surface area contributed by atoms with E-state index in [0.717, 1.165) is 6.04 Å². The van der Waals surface area contributed by atoms with Crippen molar-refractivity contribution in [2.24, 2.45) is 0 Å². The van der Waals surface area contributed by atoms with Crippen LogP contribution in [-0.4, -0.2) is 67.8 Å². The number of hydrogen-bond donors (Lipinski definition) is 1. The maximum Gasteiger partial charge on any atom is 0.251 e. The molecule has 7 heteroatoms. The van der Waals surface area contributed by atoms with Crippen LogP contribution in [0.15, 0.2) is 42.5 Å². The summed E-state index contributed by atoms with van der Waals surface area (Å²) in [5.74, 6) is -0.351. The van der Waals surface area contributed by atoms with Crippen LogP contribution in [0.2, 0.25) is 10.0 Å². The minimum absolute atomic E-state index is 0.0148. The number of aldehydes is 1. The van der Waals surface area contributed by atoms with Crippen molar-refractivity contribution in [3.63, 3.8) is 0 Å². The van der Waals surface area contributed by atoms with E-state index in [0.29, 0.717) is 27.3 Å². The highest BCUT2D eigenvalue weighted by atomic mass is 35.5. The molecule has 2 heterocycles. The lowest BCUT2D eigenvalue weighted by molar-refractivity contribution is -0.107. The molecule has 2 unspecified atom stereocenters. The van der Waals surface area contributed by atoms with Crippen molar-refractivity contribution in [3.05, 3.63) is 69.2 Å². The van der Waals surface area contributed by atoms with E-state index in [1.807, 2.05) is 0 Å². The van der Waals surface area contributed by atoms with Gasteiger partial charge in [-0.05, 0) is 81.6 Å². The first-order chi connectivity index (χ1) is 16.4. The molecule has 1 spiro atoms. The summed E-state index contributed by atoms with van der Waals surface area (Å²) in [6.45, 7) is 5.17. The summed E-state index contributed by atoms with van der Waals surface area (Å²) in [5.41, 5.74) is 4.16. The number of fused-ring (bicyclic) bond motifs is 2. The van der Waals surface area contributed by atoms with Gasteiger partial charge in [0.15, 0.2) is 0 Å². The Balaban J connectivity index is 0.000000173. The van der Waals surface area contributed by atoms with Crippen LogP contribution < -0.4 is 5.32 Å². The second-order valence-corrected chi connectivity index (χ2v) is 10.5. The summed E-state index contributed by atoms with van der Waals surface area (Å²) < 4.78 is 0. The molecule has 2 fully saturated rings. The molecule has 5 rings (SSSR count). The Morgan fingerprint density at radius 1 is 1.15 bits per heavy atom. The fourth-order valence-corrected chi connectivity index (χ4v) is 6.05. The summed E-state index contributed by atoms with van der Waals surface area (Å²) in [5, 5.41) is 3.08. The van der Waals surface area contributed by atoms with Gasteiger partial charge in [0.2, 0.25) is 0 Å². The molecule has 2 aliphatic heterocycles. The number of aryl methyl sites for hydroxylation is 1. The van der Waals surface area contributed by atoms with Gasteiger partial charge in [-0.1, -0.05) is 47.5 Å². The van der Waals surface area contributed by atoms with Gasteiger partial charge < -0.3 is 15.0 Å². The van der Waals surface area contributed by atoms with E-state index < -0.39 is 0 Å². The molecule has 0 bridgehead atoms. The maximum atomic E-state index is 11.3. The number of carbonyl (C=O) groups is 2. The molecular weight excluding hydrogens is 469 g/mol. The molecule has 34 heavy (non-hydrogen) atoms.